The maximum Gasteiger partial charge on any atom is 0.256 e. The van der Waals surface area contributed by atoms with Gasteiger partial charge < -0.3 is 19.5 Å². The van der Waals surface area contributed by atoms with E-state index in [1.54, 1.807) is 30.5 Å². The summed E-state index contributed by atoms with van der Waals surface area (Å²) in [5, 5.41) is 4.36. The Kier molecular flexibility index (Phi) is 7.76. The number of piperidine rings is 1. The van der Waals surface area contributed by atoms with Gasteiger partial charge in [0.15, 0.2) is 0 Å². The van der Waals surface area contributed by atoms with Crippen LogP contribution in [0.2, 0.25) is 10.0 Å². The highest BCUT2D eigenvalue weighted by atomic mass is 35.5. The van der Waals surface area contributed by atoms with Crippen LogP contribution in [-0.2, 0) is 6.54 Å². The normalized spacial score (nSPS) is 14.9. The minimum atomic E-state index is -0.354. The van der Waals surface area contributed by atoms with Gasteiger partial charge in [0, 0.05) is 50.7 Å². The highest BCUT2D eigenvalue weighted by Crippen LogP contribution is 2.28. The number of nitrogens with zero attached hydrogens (tertiary/aromatic N) is 3. The second-order valence-electron chi connectivity index (χ2n) is 8.47. The SMILES string of the molecule is CCn1cc(C(=O)NCCN2CCC(Oc3ccc(Cl)c(Cl)c3)CC2)c(=O)c2ccc(C)nc21. The highest BCUT2D eigenvalue weighted by Gasteiger charge is 2.21. The number of pyridine rings is 2. The standard InChI is InChI=1S/C25H28Cl2N4O3/c1-3-31-15-20(23(32)19-6-4-16(2)29-24(19)31)25(33)28-10-13-30-11-8-17(9-12-30)34-18-5-7-21(26)22(27)14-18/h4-7,14-15,17H,3,8-13H2,1-2H3,(H,28,33). The van der Waals surface area contributed by atoms with E-state index in [1.807, 2.05) is 24.5 Å². The van der Waals surface area contributed by atoms with Crippen LogP contribution in [0.15, 0.2) is 41.3 Å². The van der Waals surface area contributed by atoms with E-state index in [2.05, 4.69) is 15.2 Å². The minimum absolute atomic E-state index is 0.116. The van der Waals surface area contributed by atoms with Crippen molar-refractivity contribution in [1.29, 1.82) is 0 Å². The summed E-state index contributed by atoms with van der Waals surface area (Å²) in [6.07, 6.45) is 3.49. The fourth-order valence-electron chi connectivity index (χ4n) is 4.18. The first-order valence-corrected chi connectivity index (χ1v) is 12.2. The molecule has 3 heterocycles. The Labute approximate surface area is 208 Å². The van der Waals surface area contributed by atoms with E-state index in [9.17, 15) is 9.59 Å². The fraction of sp³-hybridized carbons (Fsp3) is 0.400. The molecule has 1 aliphatic heterocycles. The van der Waals surface area contributed by atoms with Crippen molar-refractivity contribution in [3.05, 3.63) is 68.1 Å². The van der Waals surface area contributed by atoms with Gasteiger partial charge in [-0.3, -0.25) is 9.59 Å². The molecule has 0 bridgehead atoms. The number of aryl methyl sites for hydroxylation is 2. The Morgan fingerprint density at radius 3 is 2.65 bits per heavy atom. The number of likely N-dealkylation sites (tertiary alicyclic amines) is 1. The number of rotatable bonds is 7. The van der Waals surface area contributed by atoms with Gasteiger partial charge in [0.05, 0.1) is 15.4 Å². The summed E-state index contributed by atoms with van der Waals surface area (Å²) in [4.78, 5) is 32.4. The molecule has 7 nitrogen and oxygen atoms in total. The maximum absolute atomic E-state index is 12.9. The van der Waals surface area contributed by atoms with Gasteiger partial charge >= 0.3 is 0 Å². The molecule has 0 radical (unpaired) electrons. The zero-order valence-corrected chi connectivity index (χ0v) is 20.8. The predicted molar refractivity (Wildman–Crippen MR) is 135 cm³/mol. The lowest BCUT2D eigenvalue weighted by atomic mass is 10.1. The highest BCUT2D eigenvalue weighted by molar-refractivity contribution is 6.42. The van der Waals surface area contributed by atoms with Gasteiger partial charge in [-0.05, 0) is 51.0 Å². The summed E-state index contributed by atoms with van der Waals surface area (Å²) < 4.78 is 7.88. The minimum Gasteiger partial charge on any atom is -0.490 e. The number of nitrogens with one attached hydrogen (secondary N) is 1. The molecule has 2 aromatic heterocycles. The summed E-state index contributed by atoms with van der Waals surface area (Å²) in [5.41, 5.74) is 1.30. The first-order valence-electron chi connectivity index (χ1n) is 11.5. The molecule has 1 saturated heterocycles. The topological polar surface area (TPSA) is 76.5 Å². The van der Waals surface area contributed by atoms with Crippen LogP contribution >= 0.6 is 23.2 Å². The Bertz CT molecular complexity index is 1250. The van der Waals surface area contributed by atoms with Crippen molar-refractivity contribution in [3.8, 4) is 5.75 Å². The van der Waals surface area contributed by atoms with E-state index < -0.39 is 0 Å². The molecular weight excluding hydrogens is 475 g/mol. The van der Waals surface area contributed by atoms with Crippen molar-refractivity contribution in [2.24, 2.45) is 0 Å². The number of hydrogen-bond acceptors (Lipinski definition) is 5. The lowest BCUT2D eigenvalue weighted by molar-refractivity contribution is 0.0904. The van der Waals surface area contributed by atoms with Gasteiger partial charge in [-0.15, -0.1) is 0 Å². The third-order valence-corrected chi connectivity index (χ3v) is 6.83. The van der Waals surface area contributed by atoms with E-state index in [-0.39, 0.29) is 23.0 Å². The van der Waals surface area contributed by atoms with Crippen LogP contribution in [0, 0.1) is 6.92 Å². The average molecular weight is 503 g/mol. The van der Waals surface area contributed by atoms with E-state index in [4.69, 9.17) is 27.9 Å². The van der Waals surface area contributed by atoms with Crippen molar-refractivity contribution in [2.45, 2.75) is 39.3 Å². The molecule has 1 aliphatic rings. The number of halogens is 2. The van der Waals surface area contributed by atoms with Gasteiger partial charge in [-0.1, -0.05) is 23.2 Å². The number of carbonyl (C=O) groups is 1. The first-order chi connectivity index (χ1) is 16.4. The van der Waals surface area contributed by atoms with Gasteiger partial charge in [0.2, 0.25) is 5.43 Å². The van der Waals surface area contributed by atoms with E-state index in [0.717, 1.165) is 37.4 Å². The van der Waals surface area contributed by atoms with E-state index in [0.29, 0.717) is 40.7 Å². The van der Waals surface area contributed by atoms with Gasteiger partial charge in [-0.25, -0.2) is 4.98 Å². The number of aromatic nitrogens is 2. The molecular formula is C25H28Cl2N4O3. The third kappa shape index (κ3) is 5.54. The average Bonchev–Trinajstić information content (AvgIpc) is 2.82. The predicted octanol–water partition coefficient (Wildman–Crippen LogP) is 4.30. The molecule has 0 unspecified atom stereocenters. The molecule has 4 rings (SSSR count). The zero-order chi connectivity index (χ0) is 24.2. The Hall–Kier alpha value is -2.61. The van der Waals surface area contributed by atoms with Crippen LogP contribution in [0.3, 0.4) is 0 Å². The fourth-order valence-corrected chi connectivity index (χ4v) is 4.47. The smallest absolute Gasteiger partial charge is 0.256 e. The molecule has 1 aromatic carbocycles. The van der Waals surface area contributed by atoms with Crippen LogP contribution in [0.5, 0.6) is 5.75 Å². The summed E-state index contributed by atoms with van der Waals surface area (Å²) in [6.45, 7) is 7.37. The molecule has 3 aromatic rings. The molecule has 1 N–H and O–H groups in total. The molecule has 180 valence electrons. The van der Waals surface area contributed by atoms with E-state index in [1.165, 1.54) is 0 Å². The number of amides is 1. The summed E-state index contributed by atoms with van der Waals surface area (Å²) >= 11 is 12.0. The van der Waals surface area contributed by atoms with Crippen molar-refractivity contribution < 1.29 is 9.53 Å². The Morgan fingerprint density at radius 2 is 1.94 bits per heavy atom. The quantitative estimate of drug-likeness (QED) is 0.520. The second-order valence-corrected chi connectivity index (χ2v) is 9.29. The van der Waals surface area contributed by atoms with Crippen molar-refractivity contribution in [3.63, 3.8) is 0 Å². The molecule has 0 aliphatic carbocycles. The molecule has 0 saturated carbocycles. The number of fused-ring (bicyclic) bond motifs is 1. The Morgan fingerprint density at radius 1 is 1.18 bits per heavy atom. The van der Waals surface area contributed by atoms with Crippen LogP contribution in [0.1, 0.15) is 35.8 Å². The molecule has 0 spiro atoms. The third-order valence-electron chi connectivity index (χ3n) is 6.09. The lowest BCUT2D eigenvalue weighted by Crippen LogP contribution is -2.42. The number of hydrogen-bond donors (Lipinski definition) is 1. The molecule has 9 heteroatoms. The van der Waals surface area contributed by atoms with Gasteiger partial charge in [-0.2, -0.15) is 0 Å². The lowest BCUT2D eigenvalue weighted by Gasteiger charge is -2.32. The van der Waals surface area contributed by atoms with Crippen molar-refractivity contribution in [1.82, 2.24) is 19.8 Å². The molecule has 0 atom stereocenters. The summed E-state index contributed by atoms with van der Waals surface area (Å²) in [6, 6.07) is 8.84. The summed E-state index contributed by atoms with van der Waals surface area (Å²) in [5.74, 6) is 0.367. The van der Waals surface area contributed by atoms with Gasteiger partial charge in [0.25, 0.3) is 5.91 Å². The second kappa shape index (κ2) is 10.8. The maximum atomic E-state index is 12.9. The van der Waals surface area contributed by atoms with Crippen LogP contribution in [0.4, 0.5) is 0 Å². The van der Waals surface area contributed by atoms with Crippen LogP contribution < -0.4 is 15.5 Å². The van der Waals surface area contributed by atoms with Crippen molar-refractivity contribution in [2.75, 3.05) is 26.2 Å². The largest absolute Gasteiger partial charge is 0.490 e. The Balaban J connectivity index is 1.30. The summed E-state index contributed by atoms with van der Waals surface area (Å²) in [7, 11) is 0. The van der Waals surface area contributed by atoms with E-state index >= 15 is 0 Å². The van der Waals surface area contributed by atoms with Gasteiger partial charge in [0.1, 0.15) is 23.1 Å². The zero-order valence-electron chi connectivity index (χ0n) is 19.3. The molecule has 34 heavy (non-hydrogen) atoms. The number of carbonyl (C=O) groups excluding carboxylic acids is 1. The first kappa shape index (κ1) is 24.5. The molecule has 1 amide bonds. The van der Waals surface area contributed by atoms with Crippen molar-refractivity contribution >= 4 is 40.1 Å². The number of benzene rings is 1. The monoisotopic (exact) mass is 502 g/mol. The molecule has 1 fully saturated rings. The van der Waals surface area contributed by atoms with Crippen LogP contribution in [-0.4, -0.2) is 52.6 Å². The number of ether oxygens (including phenoxy) is 1. The van der Waals surface area contributed by atoms with Crippen LogP contribution in [0.25, 0.3) is 11.0 Å².